The summed E-state index contributed by atoms with van der Waals surface area (Å²) in [7, 11) is 0. The lowest BCUT2D eigenvalue weighted by atomic mass is 10.0. The molecule has 0 radical (unpaired) electrons. The minimum atomic E-state index is -0.223. The Morgan fingerprint density at radius 2 is 1.82 bits per heavy atom. The molecule has 0 fully saturated rings. The molecule has 0 saturated heterocycles. The van der Waals surface area contributed by atoms with Crippen LogP contribution in [0.2, 0.25) is 0 Å². The van der Waals surface area contributed by atoms with Gasteiger partial charge < -0.3 is 10.4 Å². The number of nitrogens with one attached hydrogen (secondary N) is 1. The van der Waals surface area contributed by atoms with Gasteiger partial charge in [0.2, 0.25) is 0 Å². The highest BCUT2D eigenvalue weighted by Gasteiger charge is 2.10. The molecule has 2 nitrogen and oxygen atoms in total. The van der Waals surface area contributed by atoms with E-state index in [1.54, 1.807) is 0 Å². The highest BCUT2D eigenvalue weighted by Crippen LogP contribution is 2.17. The Hall–Kier alpha value is -0.860. The first-order valence-electron chi connectivity index (χ1n) is 6.65. The zero-order chi connectivity index (χ0) is 12.7. The second kappa shape index (κ2) is 7.46. The maximum absolute atomic E-state index is 9.72. The molecule has 1 rings (SSSR count). The molecule has 0 spiro atoms. The Morgan fingerprint density at radius 1 is 1.18 bits per heavy atom. The van der Waals surface area contributed by atoms with Crippen LogP contribution in [0.25, 0.3) is 0 Å². The Morgan fingerprint density at radius 3 is 2.35 bits per heavy atom. The van der Waals surface area contributed by atoms with Crippen LogP contribution in [0, 0.1) is 6.92 Å². The molecule has 0 amide bonds. The fourth-order valence-electron chi connectivity index (χ4n) is 2.01. The Bertz CT molecular complexity index is 307. The Kier molecular flexibility index (Phi) is 6.23. The second-order valence-electron chi connectivity index (χ2n) is 4.72. The van der Waals surface area contributed by atoms with Gasteiger partial charge in [-0.15, -0.1) is 0 Å². The van der Waals surface area contributed by atoms with Gasteiger partial charge in [-0.2, -0.15) is 0 Å². The van der Waals surface area contributed by atoms with Gasteiger partial charge in [-0.1, -0.05) is 50.1 Å². The number of aliphatic hydroxyl groups excluding tert-OH is 1. The van der Waals surface area contributed by atoms with Crippen molar-refractivity contribution < 1.29 is 5.11 Å². The fraction of sp³-hybridized carbons (Fsp3) is 0.600. The first-order chi connectivity index (χ1) is 8.17. The number of rotatable bonds is 7. The average molecular weight is 235 g/mol. The largest absolute Gasteiger partial charge is 0.392 e. The van der Waals surface area contributed by atoms with Crippen molar-refractivity contribution in [2.24, 2.45) is 0 Å². The summed E-state index contributed by atoms with van der Waals surface area (Å²) in [6, 6.07) is 8.97. The van der Waals surface area contributed by atoms with E-state index in [2.05, 4.69) is 50.4 Å². The van der Waals surface area contributed by atoms with Crippen molar-refractivity contribution in [3.63, 3.8) is 0 Å². The summed E-state index contributed by atoms with van der Waals surface area (Å²) in [5.41, 5.74) is 2.59. The summed E-state index contributed by atoms with van der Waals surface area (Å²) in [5.74, 6) is 0. The first-order valence-corrected chi connectivity index (χ1v) is 6.65. The minimum absolute atomic E-state index is 0.223. The van der Waals surface area contributed by atoms with Crippen molar-refractivity contribution in [2.45, 2.75) is 52.2 Å². The quantitative estimate of drug-likeness (QED) is 0.760. The highest BCUT2D eigenvalue weighted by atomic mass is 16.3. The Labute approximate surface area is 105 Å². The molecule has 17 heavy (non-hydrogen) atoms. The van der Waals surface area contributed by atoms with E-state index in [1.165, 1.54) is 11.1 Å². The molecule has 2 N–H and O–H groups in total. The summed E-state index contributed by atoms with van der Waals surface area (Å²) < 4.78 is 0. The number of aliphatic hydroxyl groups is 1. The topological polar surface area (TPSA) is 32.3 Å². The summed E-state index contributed by atoms with van der Waals surface area (Å²) in [6.45, 7) is 7.05. The zero-order valence-corrected chi connectivity index (χ0v) is 11.2. The van der Waals surface area contributed by atoms with Crippen molar-refractivity contribution in [2.75, 3.05) is 6.54 Å². The highest BCUT2D eigenvalue weighted by molar-refractivity contribution is 5.24. The van der Waals surface area contributed by atoms with E-state index in [0.29, 0.717) is 12.6 Å². The molecule has 0 heterocycles. The van der Waals surface area contributed by atoms with Gasteiger partial charge in [-0.25, -0.2) is 0 Å². The summed E-state index contributed by atoms with van der Waals surface area (Å²) in [6.07, 6.45) is 2.73. The van der Waals surface area contributed by atoms with Crippen LogP contribution in [0.15, 0.2) is 24.3 Å². The van der Waals surface area contributed by atoms with E-state index < -0.39 is 0 Å². The van der Waals surface area contributed by atoms with Crippen molar-refractivity contribution in [1.29, 1.82) is 0 Å². The maximum atomic E-state index is 9.72. The van der Waals surface area contributed by atoms with Gasteiger partial charge in [0.25, 0.3) is 0 Å². The van der Waals surface area contributed by atoms with Crippen LogP contribution in [-0.4, -0.2) is 17.8 Å². The third kappa shape index (κ3) is 4.88. The lowest BCUT2D eigenvalue weighted by molar-refractivity contribution is 0.156. The minimum Gasteiger partial charge on any atom is -0.392 e. The van der Waals surface area contributed by atoms with Gasteiger partial charge in [0, 0.05) is 12.6 Å². The molecule has 1 aromatic carbocycles. The molecule has 2 unspecified atom stereocenters. The third-order valence-electron chi connectivity index (χ3n) is 3.11. The fourth-order valence-corrected chi connectivity index (χ4v) is 2.01. The molecular formula is C15H25NO. The molecule has 0 aliphatic heterocycles. The van der Waals surface area contributed by atoms with Crippen LogP contribution in [-0.2, 0) is 0 Å². The number of aryl methyl sites for hydroxylation is 1. The number of hydrogen-bond acceptors (Lipinski definition) is 2. The molecular weight excluding hydrogens is 210 g/mol. The SMILES string of the molecule is CCCC(O)CNC(CC)c1ccc(C)cc1. The van der Waals surface area contributed by atoms with Crippen molar-refractivity contribution in [1.82, 2.24) is 5.32 Å². The number of hydrogen-bond donors (Lipinski definition) is 2. The van der Waals surface area contributed by atoms with Gasteiger partial charge in [-0.3, -0.25) is 0 Å². The smallest absolute Gasteiger partial charge is 0.0664 e. The van der Waals surface area contributed by atoms with Gasteiger partial charge in [0.05, 0.1) is 6.10 Å². The van der Waals surface area contributed by atoms with E-state index in [1.807, 2.05) is 0 Å². The molecule has 0 bridgehead atoms. The second-order valence-corrected chi connectivity index (χ2v) is 4.72. The zero-order valence-electron chi connectivity index (χ0n) is 11.2. The van der Waals surface area contributed by atoms with Crippen LogP contribution < -0.4 is 5.32 Å². The van der Waals surface area contributed by atoms with Crippen molar-refractivity contribution in [3.05, 3.63) is 35.4 Å². The molecule has 96 valence electrons. The Balaban J connectivity index is 2.51. The normalized spacial score (nSPS) is 14.6. The molecule has 0 saturated carbocycles. The predicted molar refractivity (Wildman–Crippen MR) is 73.1 cm³/mol. The average Bonchev–Trinajstić information content (AvgIpc) is 2.32. The summed E-state index contributed by atoms with van der Waals surface area (Å²) in [4.78, 5) is 0. The number of benzene rings is 1. The standard InChI is InChI=1S/C15H25NO/c1-4-6-14(17)11-16-15(5-2)13-9-7-12(3)8-10-13/h7-10,14-17H,4-6,11H2,1-3H3. The third-order valence-corrected chi connectivity index (χ3v) is 3.11. The van der Waals surface area contributed by atoms with Gasteiger partial charge in [-0.05, 0) is 25.3 Å². The molecule has 2 heteroatoms. The van der Waals surface area contributed by atoms with Gasteiger partial charge >= 0.3 is 0 Å². The van der Waals surface area contributed by atoms with E-state index in [9.17, 15) is 5.11 Å². The summed E-state index contributed by atoms with van der Waals surface area (Å²) in [5, 5.41) is 13.2. The van der Waals surface area contributed by atoms with E-state index >= 15 is 0 Å². The molecule has 0 aliphatic rings. The maximum Gasteiger partial charge on any atom is 0.0664 e. The lowest BCUT2D eigenvalue weighted by Crippen LogP contribution is -2.30. The molecule has 2 atom stereocenters. The van der Waals surface area contributed by atoms with Crippen LogP contribution in [0.3, 0.4) is 0 Å². The lowest BCUT2D eigenvalue weighted by Gasteiger charge is -2.20. The van der Waals surface area contributed by atoms with E-state index in [-0.39, 0.29) is 6.10 Å². The van der Waals surface area contributed by atoms with Crippen LogP contribution in [0.5, 0.6) is 0 Å². The molecule has 0 aromatic heterocycles. The monoisotopic (exact) mass is 235 g/mol. The summed E-state index contributed by atoms with van der Waals surface area (Å²) >= 11 is 0. The van der Waals surface area contributed by atoms with Crippen molar-refractivity contribution >= 4 is 0 Å². The van der Waals surface area contributed by atoms with E-state index in [4.69, 9.17) is 0 Å². The van der Waals surface area contributed by atoms with Crippen molar-refractivity contribution in [3.8, 4) is 0 Å². The molecule has 1 aromatic rings. The van der Waals surface area contributed by atoms with Crippen LogP contribution in [0.4, 0.5) is 0 Å². The first kappa shape index (κ1) is 14.2. The molecule has 0 aliphatic carbocycles. The van der Waals surface area contributed by atoms with Gasteiger partial charge in [0.1, 0.15) is 0 Å². The van der Waals surface area contributed by atoms with Crippen LogP contribution >= 0.6 is 0 Å². The van der Waals surface area contributed by atoms with E-state index in [0.717, 1.165) is 19.3 Å². The predicted octanol–water partition coefficient (Wildman–Crippen LogP) is 3.20. The van der Waals surface area contributed by atoms with Crippen LogP contribution in [0.1, 0.15) is 50.3 Å². The van der Waals surface area contributed by atoms with Gasteiger partial charge in [0.15, 0.2) is 0 Å².